The lowest BCUT2D eigenvalue weighted by molar-refractivity contribution is 0.261. The fraction of sp³-hybridized carbons (Fsp3) is 0.200. The molecule has 0 bridgehead atoms. The van der Waals surface area contributed by atoms with Gasteiger partial charge in [-0.15, -0.1) is 0 Å². The molecule has 60 valence electrons. The van der Waals surface area contributed by atoms with Gasteiger partial charge in [0.2, 0.25) is 0 Å². The lowest BCUT2D eigenvalue weighted by Crippen LogP contribution is -1.87. The Morgan fingerprint density at radius 2 is 2.18 bits per heavy atom. The van der Waals surface area contributed by atoms with E-state index in [1.807, 2.05) is 25.2 Å². The van der Waals surface area contributed by atoms with E-state index in [-0.39, 0.29) is 0 Å². The predicted molar refractivity (Wildman–Crippen MR) is 49.2 cm³/mol. The second kappa shape index (κ2) is 6.87. The van der Waals surface area contributed by atoms with Crippen molar-refractivity contribution in [3.63, 3.8) is 0 Å². The summed E-state index contributed by atoms with van der Waals surface area (Å²) in [5, 5.41) is 0. The summed E-state index contributed by atoms with van der Waals surface area (Å²) in [6.07, 6.45) is 9.00. The van der Waals surface area contributed by atoms with Crippen molar-refractivity contribution < 1.29 is 4.74 Å². The van der Waals surface area contributed by atoms with Crippen LogP contribution in [0.15, 0.2) is 49.3 Å². The largest absolute Gasteiger partial charge is 0.490 e. The third-order valence-electron chi connectivity index (χ3n) is 1.05. The number of allylic oxidation sites excluding steroid dienone is 4. The zero-order valence-electron chi connectivity index (χ0n) is 6.92. The van der Waals surface area contributed by atoms with Crippen molar-refractivity contribution in [2.75, 3.05) is 6.61 Å². The maximum atomic E-state index is 5.25. The molecular weight excluding hydrogens is 136 g/mol. The monoisotopic (exact) mass is 150 g/mol. The van der Waals surface area contributed by atoms with Crippen LogP contribution in [0.1, 0.15) is 6.92 Å². The van der Waals surface area contributed by atoms with Crippen molar-refractivity contribution in [3.05, 3.63) is 49.3 Å². The van der Waals surface area contributed by atoms with Gasteiger partial charge in [0.05, 0.1) is 0 Å². The molecule has 0 rings (SSSR count). The summed E-state index contributed by atoms with van der Waals surface area (Å²) in [7, 11) is 0. The molecule has 1 heteroatoms. The summed E-state index contributed by atoms with van der Waals surface area (Å²) in [4.78, 5) is 0. The van der Waals surface area contributed by atoms with Crippen molar-refractivity contribution in [1.29, 1.82) is 0 Å². The summed E-state index contributed by atoms with van der Waals surface area (Å²) in [6.45, 7) is 9.57. The first-order valence-electron chi connectivity index (χ1n) is 3.54. The van der Waals surface area contributed by atoms with Crippen LogP contribution in [-0.2, 0) is 4.74 Å². The first-order valence-corrected chi connectivity index (χ1v) is 3.54. The van der Waals surface area contributed by atoms with Gasteiger partial charge in [-0.2, -0.15) is 0 Å². The Morgan fingerprint density at radius 3 is 2.64 bits per heavy atom. The van der Waals surface area contributed by atoms with Crippen molar-refractivity contribution in [2.45, 2.75) is 6.92 Å². The molecule has 0 aromatic rings. The van der Waals surface area contributed by atoms with Gasteiger partial charge in [0.15, 0.2) is 0 Å². The quantitative estimate of drug-likeness (QED) is 0.332. The molecule has 1 nitrogen and oxygen atoms in total. The standard InChI is InChI=1S/C10H14O/c1-4-7-8-10(6-3)11-9-5-2/h4-8H,1-2,9H2,3H3/b8-7-,10-6+. The van der Waals surface area contributed by atoms with Gasteiger partial charge in [-0.1, -0.05) is 31.4 Å². The molecule has 0 atom stereocenters. The fourth-order valence-corrected chi connectivity index (χ4v) is 0.546. The van der Waals surface area contributed by atoms with Crippen molar-refractivity contribution in [1.82, 2.24) is 0 Å². The highest BCUT2D eigenvalue weighted by atomic mass is 16.5. The molecule has 11 heavy (non-hydrogen) atoms. The molecule has 0 saturated carbocycles. The molecule has 0 radical (unpaired) electrons. The number of rotatable bonds is 5. The van der Waals surface area contributed by atoms with E-state index in [0.717, 1.165) is 5.76 Å². The van der Waals surface area contributed by atoms with Gasteiger partial charge in [0.1, 0.15) is 12.4 Å². The Balaban J connectivity index is 3.86. The Labute approximate surface area is 68.4 Å². The summed E-state index contributed by atoms with van der Waals surface area (Å²) in [5.74, 6) is 0.838. The minimum absolute atomic E-state index is 0.543. The first-order chi connectivity index (χ1) is 5.35. The van der Waals surface area contributed by atoms with Crippen LogP contribution in [-0.4, -0.2) is 6.61 Å². The third kappa shape index (κ3) is 5.22. The van der Waals surface area contributed by atoms with Crippen LogP contribution in [0, 0.1) is 0 Å². The molecule has 0 saturated heterocycles. The summed E-state index contributed by atoms with van der Waals surface area (Å²) < 4.78 is 5.25. The topological polar surface area (TPSA) is 9.23 Å². The van der Waals surface area contributed by atoms with Crippen LogP contribution >= 0.6 is 0 Å². The van der Waals surface area contributed by atoms with Gasteiger partial charge in [0.25, 0.3) is 0 Å². The normalized spacial score (nSPS) is 11.5. The van der Waals surface area contributed by atoms with Gasteiger partial charge >= 0.3 is 0 Å². The lowest BCUT2D eigenvalue weighted by Gasteiger charge is -2.01. The van der Waals surface area contributed by atoms with E-state index in [1.165, 1.54) is 0 Å². The van der Waals surface area contributed by atoms with Crippen molar-refractivity contribution in [2.24, 2.45) is 0 Å². The fourth-order valence-electron chi connectivity index (χ4n) is 0.546. The smallest absolute Gasteiger partial charge is 0.115 e. The van der Waals surface area contributed by atoms with Crippen LogP contribution in [0.3, 0.4) is 0 Å². The highest BCUT2D eigenvalue weighted by Crippen LogP contribution is 1.98. The van der Waals surface area contributed by atoms with Crippen molar-refractivity contribution in [3.8, 4) is 0 Å². The zero-order valence-corrected chi connectivity index (χ0v) is 6.92. The van der Waals surface area contributed by atoms with E-state index >= 15 is 0 Å². The van der Waals surface area contributed by atoms with Crippen LogP contribution < -0.4 is 0 Å². The minimum Gasteiger partial charge on any atom is -0.490 e. The highest BCUT2D eigenvalue weighted by molar-refractivity contribution is 5.15. The van der Waals surface area contributed by atoms with Gasteiger partial charge in [-0.05, 0) is 19.1 Å². The maximum absolute atomic E-state index is 5.25. The van der Waals surface area contributed by atoms with E-state index in [1.54, 1.807) is 12.2 Å². The summed E-state index contributed by atoms with van der Waals surface area (Å²) in [6, 6.07) is 0. The summed E-state index contributed by atoms with van der Waals surface area (Å²) in [5.41, 5.74) is 0. The van der Waals surface area contributed by atoms with E-state index in [4.69, 9.17) is 4.74 Å². The number of hydrogen-bond donors (Lipinski definition) is 0. The SMILES string of the molecule is C=C/C=C\C(=C/C)OCC=C. The second-order valence-electron chi connectivity index (χ2n) is 1.89. The average molecular weight is 150 g/mol. The molecule has 0 aliphatic rings. The Bertz CT molecular complexity index is 175. The van der Waals surface area contributed by atoms with Crippen molar-refractivity contribution >= 4 is 0 Å². The molecule has 0 unspecified atom stereocenters. The predicted octanol–water partition coefficient (Wildman–Crippen LogP) is 2.84. The summed E-state index contributed by atoms with van der Waals surface area (Å²) >= 11 is 0. The third-order valence-corrected chi connectivity index (χ3v) is 1.05. The molecule has 0 N–H and O–H groups in total. The van der Waals surface area contributed by atoms with E-state index < -0.39 is 0 Å². The van der Waals surface area contributed by atoms with Crippen LogP contribution in [0.25, 0.3) is 0 Å². The first kappa shape index (κ1) is 9.76. The van der Waals surface area contributed by atoms with Gasteiger partial charge in [-0.25, -0.2) is 0 Å². The Hall–Kier alpha value is -1.24. The molecule has 0 aromatic heterocycles. The van der Waals surface area contributed by atoms with E-state index in [9.17, 15) is 0 Å². The molecule has 0 aromatic carbocycles. The molecule has 0 heterocycles. The number of hydrogen-bond acceptors (Lipinski definition) is 1. The second-order valence-corrected chi connectivity index (χ2v) is 1.89. The molecule has 0 spiro atoms. The maximum Gasteiger partial charge on any atom is 0.115 e. The zero-order chi connectivity index (χ0) is 8.53. The highest BCUT2D eigenvalue weighted by Gasteiger charge is 1.85. The molecule has 0 amide bonds. The van der Waals surface area contributed by atoms with E-state index in [2.05, 4.69) is 13.2 Å². The Morgan fingerprint density at radius 1 is 1.45 bits per heavy atom. The average Bonchev–Trinajstić information content (AvgIpc) is 2.05. The molecule has 0 fully saturated rings. The van der Waals surface area contributed by atoms with Gasteiger partial charge in [0, 0.05) is 0 Å². The van der Waals surface area contributed by atoms with E-state index in [0.29, 0.717) is 6.61 Å². The van der Waals surface area contributed by atoms with Crippen LogP contribution in [0.4, 0.5) is 0 Å². The van der Waals surface area contributed by atoms with Crippen LogP contribution in [0.5, 0.6) is 0 Å². The van der Waals surface area contributed by atoms with Gasteiger partial charge in [-0.3, -0.25) is 0 Å². The molecular formula is C10H14O. The number of ether oxygens (including phenoxy) is 1. The molecule has 0 aliphatic carbocycles. The Kier molecular flexibility index (Phi) is 6.10. The minimum atomic E-state index is 0.543. The lowest BCUT2D eigenvalue weighted by atomic mass is 10.4. The van der Waals surface area contributed by atoms with Gasteiger partial charge < -0.3 is 4.74 Å². The van der Waals surface area contributed by atoms with Crippen LogP contribution in [0.2, 0.25) is 0 Å². The molecule has 0 aliphatic heterocycles.